The van der Waals surface area contributed by atoms with Gasteiger partial charge < -0.3 is 5.32 Å². The lowest BCUT2D eigenvalue weighted by molar-refractivity contribution is -0.137. The molecule has 0 saturated heterocycles. The van der Waals surface area contributed by atoms with E-state index in [1.54, 1.807) is 22.9 Å². The summed E-state index contributed by atoms with van der Waals surface area (Å²) in [6.45, 7) is 7.84. The fourth-order valence-corrected chi connectivity index (χ4v) is 5.34. The first kappa shape index (κ1) is 25.8. The number of amides is 1. The summed E-state index contributed by atoms with van der Waals surface area (Å²) in [5.41, 5.74) is 4.86. The maximum absolute atomic E-state index is 13.5. The second-order valence-corrected chi connectivity index (χ2v) is 9.73. The second-order valence-electron chi connectivity index (χ2n) is 8.78. The van der Waals surface area contributed by atoms with Crippen molar-refractivity contribution in [3.05, 3.63) is 82.5 Å². The molecule has 4 aromatic rings. The van der Waals surface area contributed by atoms with E-state index < -0.39 is 17.8 Å². The van der Waals surface area contributed by atoms with Crippen molar-refractivity contribution in [1.82, 2.24) is 14.5 Å². The first-order chi connectivity index (χ1) is 17.1. The average molecular weight is 513 g/mol. The fraction of sp³-hybridized carbons (Fsp3) is 0.296. The SMILES string of the molecule is CC[C@@H](C(=O)Nc1c(C)cc(C)cc1C)n1c(SCc2cccc(C(F)(F)F)c2)nc2cccnc21. The zero-order chi connectivity index (χ0) is 26.0. The third kappa shape index (κ3) is 5.41. The molecule has 0 saturated carbocycles. The maximum atomic E-state index is 13.5. The molecule has 0 bridgehead atoms. The summed E-state index contributed by atoms with van der Waals surface area (Å²) in [6, 6.07) is 12.3. The molecule has 1 atom stereocenters. The predicted molar refractivity (Wildman–Crippen MR) is 137 cm³/mol. The number of pyridine rings is 1. The Hall–Kier alpha value is -3.33. The summed E-state index contributed by atoms with van der Waals surface area (Å²) in [5, 5.41) is 3.61. The Morgan fingerprint density at radius 3 is 2.47 bits per heavy atom. The van der Waals surface area contributed by atoms with Crippen LogP contribution in [-0.2, 0) is 16.7 Å². The number of aromatic nitrogens is 3. The molecule has 2 heterocycles. The number of anilines is 1. The number of thioether (sulfide) groups is 1. The summed E-state index contributed by atoms with van der Waals surface area (Å²) in [4.78, 5) is 22.7. The molecule has 188 valence electrons. The monoisotopic (exact) mass is 512 g/mol. The average Bonchev–Trinajstić information content (AvgIpc) is 3.18. The van der Waals surface area contributed by atoms with Crippen LogP contribution in [0.2, 0.25) is 0 Å². The van der Waals surface area contributed by atoms with Crippen LogP contribution in [0.25, 0.3) is 11.2 Å². The Labute approximate surface area is 212 Å². The highest BCUT2D eigenvalue weighted by Crippen LogP contribution is 2.34. The molecule has 2 aromatic heterocycles. The van der Waals surface area contributed by atoms with Crippen molar-refractivity contribution in [1.29, 1.82) is 0 Å². The molecule has 9 heteroatoms. The van der Waals surface area contributed by atoms with Crippen LogP contribution < -0.4 is 5.32 Å². The van der Waals surface area contributed by atoms with Crippen LogP contribution in [0.5, 0.6) is 0 Å². The fourth-order valence-electron chi connectivity index (χ4n) is 4.35. The number of imidazole rings is 1. The number of rotatable bonds is 7. The first-order valence-electron chi connectivity index (χ1n) is 11.6. The van der Waals surface area contributed by atoms with Gasteiger partial charge in [-0.1, -0.05) is 54.6 Å². The van der Waals surface area contributed by atoms with Crippen LogP contribution in [0.4, 0.5) is 18.9 Å². The highest BCUT2D eigenvalue weighted by atomic mass is 32.2. The summed E-state index contributed by atoms with van der Waals surface area (Å²) >= 11 is 1.29. The largest absolute Gasteiger partial charge is 0.416 e. The van der Waals surface area contributed by atoms with E-state index in [4.69, 9.17) is 0 Å². The molecule has 0 spiro atoms. The molecule has 0 aliphatic rings. The van der Waals surface area contributed by atoms with Gasteiger partial charge in [0.05, 0.1) is 5.56 Å². The van der Waals surface area contributed by atoms with Gasteiger partial charge in [-0.05, 0) is 62.1 Å². The molecular formula is C27H27F3N4OS. The molecular weight excluding hydrogens is 485 g/mol. The summed E-state index contributed by atoms with van der Waals surface area (Å²) in [7, 11) is 0. The molecule has 1 N–H and O–H groups in total. The van der Waals surface area contributed by atoms with Crippen LogP contribution in [0.3, 0.4) is 0 Å². The number of carbonyl (C=O) groups excluding carboxylic acids is 1. The summed E-state index contributed by atoms with van der Waals surface area (Å²) in [6.07, 6.45) is -2.29. The van der Waals surface area contributed by atoms with Crippen LogP contribution in [-0.4, -0.2) is 20.4 Å². The van der Waals surface area contributed by atoms with Crippen molar-refractivity contribution in [3.8, 4) is 0 Å². The van der Waals surface area contributed by atoms with E-state index in [0.29, 0.717) is 28.3 Å². The van der Waals surface area contributed by atoms with Gasteiger partial charge in [0, 0.05) is 17.6 Å². The number of nitrogens with zero attached hydrogens (tertiary/aromatic N) is 3. The van der Waals surface area contributed by atoms with E-state index in [1.807, 2.05) is 45.9 Å². The Bertz CT molecular complexity index is 1390. The number of benzene rings is 2. The number of aryl methyl sites for hydroxylation is 3. The normalized spacial score (nSPS) is 12.6. The molecule has 0 aliphatic heterocycles. The van der Waals surface area contributed by atoms with Gasteiger partial charge in [-0.15, -0.1) is 0 Å². The molecule has 4 rings (SSSR count). The molecule has 0 radical (unpaired) electrons. The number of hydrogen-bond acceptors (Lipinski definition) is 4. The number of carbonyl (C=O) groups is 1. The molecule has 0 unspecified atom stereocenters. The molecule has 0 aliphatic carbocycles. The summed E-state index contributed by atoms with van der Waals surface area (Å²) < 4.78 is 41.3. The van der Waals surface area contributed by atoms with Gasteiger partial charge >= 0.3 is 6.18 Å². The third-order valence-electron chi connectivity index (χ3n) is 5.96. The highest BCUT2D eigenvalue weighted by molar-refractivity contribution is 7.98. The molecule has 0 fully saturated rings. The van der Waals surface area contributed by atoms with Gasteiger partial charge in [-0.2, -0.15) is 13.2 Å². The lowest BCUT2D eigenvalue weighted by Crippen LogP contribution is -2.27. The number of hydrogen-bond donors (Lipinski definition) is 1. The smallest absolute Gasteiger partial charge is 0.324 e. The number of alkyl halides is 3. The van der Waals surface area contributed by atoms with Gasteiger partial charge in [0.2, 0.25) is 5.91 Å². The van der Waals surface area contributed by atoms with Gasteiger partial charge in [-0.3, -0.25) is 9.36 Å². The number of halogens is 3. The van der Waals surface area contributed by atoms with Gasteiger partial charge in [0.15, 0.2) is 10.8 Å². The van der Waals surface area contributed by atoms with Crippen LogP contribution in [0.15, 0.2) is 59.9 Å². The Morgan fingerprint density at radius 1 is 1.08 bits per heavy atom. The second kappa shape index (κ2) is 10.3. The molecule has 1 amide bonds. The zero-order valence-electron chi connectivity index (χ0n) is 20.5. The standard InChI is InChI=1S/C27H27F3N4OS/c1-5-22(25(35)33-23-17(3)12-16(2)13-18(23)4)34-24-21(10-7-11-31-24)32-26(34)36-15-19-8-6-9-20(14-19)27(28,29)30/h6-14,22H,5,15H2,1-4H3,(H,33,35)/t22-/m0/s1. The van der Waals surface area contributed by atoms with E-state index in [1.165, 1.54) is 17.8 Å². The van der Waals surface area contributed by atoms with E-state index >= 15 is 0 Å². The van der Waals surface area contributed by atoms with Gasteiger partial charge in [0.1, 0.15) is 11.6 Å². The van der Waals surface area contributed by atoms with E-state index in [9.17, 15) is 18.0 Å². The Morgan fingerprint density at radius 2 is 1.81 bits per heavy atom. The maximum Gasteiger partial charge on any atom is 0.416 e. The predicted octanol–water partition coefficient (Wildman–Crippen LogP) is 7.26. The minimum atomic E-state index is -4.41. The van der Waals surface area contributed by atoms with Crippen molar-refractivity contribution in [2.75, 3.05) is 5.32 Å². The Kier molecular flexibility index (Phi) is 7.40. The van der Waals surface area contributed by atoms with Crippen molar-refractivity contribution in [2.24, 2.45) is 0 Å². The highest BCUT2D eigenvalue weighted by Gasteiger charge is 2.30. The minimum Gasteiger partial charge on any atom is -0.324 e. The lowest BCUT2D eigenvalue weighted by atomic mass is 10.0. The minimum absolute atomic E-state index is 0.196. The third-order valence-corrected chi connectivity index (χ3v) is 6.99. The van der Waals surface area contributed by atoms with Crippen molar-refractivity contribution in [2.45, 2.75) is 57.2 Å². The number of fused-ring (bicyclic) bond motifs is 1. The lowest BCUT2D eigenvalue weighted by Gasteiger charge is -2.21. The van der Waals surface area contributed by atoms with Crippen LogP contribution in [0.1, 0.15) is 47.2 Å². The Balaban J connectivity index is 1.67. The summed E-state index contributed by atoms with van der Waals surface area (Å²) in [5.74, 6) is 0.0694. The van der Waals surface area contributed by atoms with Gasteiger partial charge in [0.25, 0.3) is 0 Å². The van der Waals surface area contributed by atoms with E-state index in [0.717, 1.165) is 34.5 Å². The van der Waals surface area contributed by atoms with Crippen molar-refractivity contribution < 1.29 is 18.0 Å². The quantitative estimate of drug-likeness (QED) is 0.265. The van der Waals surface area contributed by atoms with Crippen LogP contribution in [0, 0.1) is 20.8 Å². The molecule has 36 heavy (non-hydrogen) atoms. The van der Waals surface area contributed by atoms with Crippen LogP contribution >= 0.6 is 11.8 Å². The first-order valence-corrected chi connectivity index (χ1v) is 12.6. The molecule has 5 nitrogen and oxygen atoms in total. The topological polar surface area (TPSA) is 59.8 Å². The number of nitrogens with one attached hydrogen (secondary N) is 1. The van der Waals surface area contributed by atoms with E-state index in [2.05, 4.69) is 15.3 Å². The van der Waals surface area contributed by atoms with Gasteiger partial charge in [-0.25, -0.2) is 9.97 Å². The van der Waals surface area contributed by atoms with Crippen molar-refractivity contribution >= 4 is 34.5 Å². The molecule has 2 aromatic carbocycles. The zero-order valence-corrected chi connectivity index (χ0v) is 21.3. The van der Waals surface area contributed by atoms with E-state index in [-0.39, 0.29) is 11.7 Å². The van der Waals surface area contributed by atoms with Crippen molar-refractivity contribution in [3.63, 3.8) is 0 Å².